The average molecular weight is 538 g/mol. The zero-order chi connectivity index (χ0) is 22.2. The summed E-state index contributed by atoms with van der Waals surface area (Å²) in [6, 6.07) is 10.0. The molecular formula is C23H25BBr2F2N2. The summed E-state index contributed by atoms with van der Waals surface area (Å²) in [7, 11) is 0. The minimum absolute atomic E-state index is 0.0652. The van der Waals surface area contributed by atoms with Crippen LogP contribution in [0.15, 0.2) is 52.8 Å². The van der Waals surface area contributed by atoms with Crippen LogP contribution in [-0.2, 0) is 10.8 Å². The smallest absolute Gasteiger partial charge is 0.389 e. The first-order valence-corrected chi connectivity index (χ1v) is 11.6. The third-order valence-corrected chi connectivity index (χ3v) is 7.12. The van der Waals surface area contributed by atoms with Crippen molar-refractivity contribution in [2.45, 2.75) is 52.4 Å². The Balaban J connectivity index is 2.10. The maximum Gasteiger partial charge on any atom is 0.738 e. The van der Waals surface area contributed by atoms with Crippen LogP contribution in [0.5, 0.6) is 0 Å². The van der Waals surface area contributed by atoms with E-state index in [1.54, 1.807) is 24.3 Å². The molecule has 2 aliphatic heterocycles. The predicted octanol–water partition coefficient (Wildman–Crippen LogP) is 7.22. The van der Waals surface area contributed by atoms with E-state index in [1.807, 2.05) is 0 Å². The zero-order valence-corrected chi connectivity index (χ0v) is 21.2. The van der Waals surface area contributed by atoms with Crippen molar-refractivity contribution in [3.63, 3.8) is 0 Å². The quantitative estimate of drug-likeness (QED) is 0.339. The number of hydrogen-bond donors (Lipinski definition) is 0. The molecule has 0 unspecified atom stereocenters. The van der Waals surface area contributed by atoms with Gasteiger partial charge in [0.1, 0.15) is 0 Å². The number of benzene rings is 1. The van der Waals surface area contributed by atoms with Gasteiger partial charge in [-0.2, -0.15) is 0 Å². The van der Waals surface area contributed by atoms with Gasteiger partial charge < -0.3 is 17.6 Å². The molecule has 3 heterocycles. The van der Waals surface area contributed by atoms with Crippen molar-refractivity contribution < 1.29 is 13.1 Å². The van der Waals surface area contributed by atoms with Crippen molar-refractivity contribution in [2.75, 3.05) is 0 Å². The fourth-order valence-electron chi connectivity index (χ4n) is 4.07. The largest absolute Gasteiger partial charge is 0.738 e. The second kappa shape index (κ2) is 6.76. The van der Waals surface area contributed by atoms with Crippen molar-refractivity contribution in [1.29, 1.82) is 0 Å². The van der Waals surface area contributed by atoms with E-state index in [2.05, 4.69) is 91.6 Å². The molecule has 0 saturated heterocycles. The van der Waals surface area contributed by atoms with Crippen molar-refractivity contribution in [3.8, 4) is 0 Å². The number of hydrogen-bond acceptors (Lipinski definition) is 0. The highest BCUT2D eigenvalue weighted by Crippen LogP contribution is 2.43. The lowest BCUT2D eigenvalue weighted by atomic mass is 9.77. The molecule has 0 amide bonds. The highest BCUT2D eigenvalue weighted by molar-refractivity contribution is 9.18. The van der Waals surface area contributed by atoms with E-state index in [9.17, 15) is 0 Å². The van der Waals surface area contributed by atoms with Crippen LogP contribution in [0.3, 0.4) is 0 Å². The number of rotatable bonds is 1. The summed E-state index contributed by atoms with van der Waals surface area (Å²) in [5.41, 5.74) is 5.07. The maximum absolute atomic E-state index is 15.5. The van der Waals surface area contributed by atoms with Crippen molar-refractivity contribution >= 4 is 49.0 Å². The summed E-state index contributed by atoms with van der Waals surface area (Å²) in [6.45, 7) is 9.07. The maximum atomic E-state index is 15.5. The summed E-state index contributed by atoms with van der Waals surface area (Å²) in [5.74, 6) is 0. The van der Waals surface area contributed by atoms with Gasteiger partial charge in [0.25, 0.3) is 0 Å². The standard InChI is InChI=1S/C23H25BBr2F2N2/c1-22(2,3)15-11-14(12-16(13-15)23(4,5)6)21-17-7-9-19(25)29(17)24(27,28)30-18(21)8-10-20(30)26/h7-13H,1-6H3. The number of fused-ring (bicyclic) bond motifs is 2. The summed E-state index contributed by atoms with van der Waals surface area (Å²) < 4.78 is 34.0. The highest BCUT2D eigenvalue weighted by atomic mass is 79.9. The molecule has 0 saturated carbocycles. The molecule has 2 nitrogen and oxygen atoms in total. The van der Waals surface area contributed by atoms with E-state index in [1.165, 1.54) is 11.1 Å². The summed E-state index contributed by atoms with van der Waals surface area (Å²) >= 11 is 6.68. The van der Waals surface area contributed by atoms with Crippen LogP contribution in [-0.4, -0.2) is 20.6 Å². The molecule has 0 bridgehead atoms. The number of aromatic nitrogens is 1. The molecule has 2 aliphatic rings. The molecule has 1 aromatic carbocycles. The zero-order valence-electron chi connectivity index (χ0n) is 18.0. The molecule has 2 aromatic rings. The molecular weight excluding hydrogens is 513 g/mol. The molecule has 158 valence electrons. The van der Waals surface area contributed by atoms with Gasteiger partial charge in [0.05, 0.1) is 10.2 Å². The van der Waals surface area contributed by atoms with Crippen LogP contribution in [0.2, 0.25) is 0 Å². The first-order valence-electron chi connectivity index (χ1n) is 10.0. The second-order valence-electron chi connectivity index (χ2n) is 10.1. The van der Waals surface area contributed by atoms with E-state index in [-0.39, 0.29) is 10.8 Å². The molecule has 30 heavy (non-hydrogen) atoms. The van der Waals surface area contributed by atoms with Crippen molar-refractivity contribution in [2.24, 2.45) is 0 Å². The van der Waals surface area contributed by atoms with E-state index in [0.717, 1.165) is 20.1 Å². The number of allylic oxidation sites excluding steroid dienone is 2. The molecule has 0 fully saturated rings. The third kappa shape index (κ3) is 3.29. The first-order chi connectivity index (χ1) is 13.7. The van der Waals surface area contributed by atoms with Crippen LogP contribution < -0.4 is 0 Å². The fourth-order valence-corrected chi connectivity index (χ4v) is 5.21. The summed E-state index contributed by atoms with van der Waals surface area (Å²) in [4.78, 5) is 0. The monoisotopic (exact) mass is 536 g/mol. The number of halogens is 4. The minimum atomic E-state index is -4.01. The van der Waals surface area contributed by atoms with Gasteiger partial charge in [-0.05, 0) is 55.6 Å². The van der Waals surface area contributed by atoms with E-state index < -0.39 is 6.97 Å². The van der Waals surface area contributed by atoms with E-state index in [4.69, 9.17) is 0 Å². The van der Waals surface area contributed by atoms with Crippen LogP contribution in [0.4, 0.5) is 8.63 Å². The first kappa shape index (κ1) is 21.8. The Morgan fingerprint density at radius 3 is 1.97 bits per heavy atom. The van der Waals surface area contributed by atoms with Gasteiger partial charge in [-0.3, -0.25) is 0 Å². The van der Waals surface area contributed by atoms with Gasteiger partial charge >= 0.3 is 6.97 Å². The fraction of sp³-hybridized carbons (Fsp3) is 0.348. The van der Waals surface area contributed by atoms with Gasteiger partial charge in [-0.1, -0.05) is 59.7 Å². The van der Waals surface area contributed by atoms with Gasteiger partial charge in [-0.25, -0.2) is 0 Å². The van der Waals surface area contributed by atoms with Gasteiger partial charge in [0.15, 0.2) is 5.70 Å². The lowest BCUT2D eigenvalue weighted by Crippen LogP contribution is -2.50. The predicted molar refractivity (Wildman–Crippen MR) is 129 cm³/mol. The summed E-state index contributed by atoms with van der Waals surface area (Å²) in [6.07, 6.45) is 3.48. The van der Waals surface area contributed by atoms with E-state index in [0.29, 0.717) is 20.6 Å². The Labute approximate surface area is 193 Å². The SMILES string of the molecule is CC(C)(C)c1cc(C2=C3C=CC(Br)=[N+]3[B-](F)(F)n3c(Br)ccc32)cc(C(C)(C)C)c1. The molecule has 1 aromatic heterocycles. The second-order valence-corrected chi connectivity index (χ2v) is 11.7. The lowest BCUT2D eigenvalue weighted by Gasteiger charge is -2.33. The Hall–Kier alpha value is -1.47. The van der Waals surface area contributed by atoms with Crippen molar-refractivity contribution in [3.05, 3.63) is 75.2 Å². The summed E-state index contributed by atoms with van der Waals surface area (Å²) in [5, 5.41) is 0. The van der Waals surface area contributed by atoms with Crippen LogP contribution in [0.1, 0.15) is 63.9 Å². The number of nitrogens with zero attached hydrogens (tertiary/aromatic N) is 2. The van der Waals surface area contributed by atoms with Gasteiger partial charge in [0.2, 0.25) is 4.62 Å². The molecule has 7 heteroatoms. The van der Waals surface area contributed by atoms with Crippen LogP contribution >= 0.6 is 31.9 Å². The highest BCUT2D eigenvalue weighted by Gasteiger charge is 2.54. The Bertz CT molecular complexity index is 1130. The Kier molecular flexibility index (Phi) is 4.91. The molecule has 4 rings (SSSR count). The normalized spacial score (nSPS) is 18.2. The molecule has 0 spiro atoms. The topological polar surface area (TPSA) is 7.94 Å². The molecule has 0 N–H and O–H groups in total. The minimum Gasteiger partial charge on any atom is -0.389 e. The lowest BCUT2D eigenvalue weighted by molar-refractivity contribution is -0.358. The molecule has 0 aliphatic carbocycles. The molecule has 0 atom stereocenters. The van der Waals surface area contributed by atoms with Crippen molar-refractivity contribution in [1.82, 2.24) is 4.48 Å². The average Bonchev–Trinajstić information content (AvgIpc) is 3.18. The van der Waals surface area contributed by atoms with Gasteiger partial charge in [0, 0.05) is 33.8 Å². The van der Waals surface area contributed by atoms with Crippen LogP contribution in [0, 0.1) is 0 Å². The van der Waals surface area contributed by atoms with Crippen LogP contribution in [0.25, 0.3) is 5.57 Å². The van der Waals surface area contributed by atoms with E-state index >= 15 is 8.63 Å². The Morgan fingerprint density at radius 2 is 1.43 bits per heavy atom. The molecule has 0 radical (unpaired) electrons. The van der Waals surface area contributed by atoms with Gasteiger partial charge in [-0.15, -0.1) is 0 Å². The third-order valence-electron chi connectivity index (χ3n) is 5.82. The Morgan fingerprint density at radius 1 is 0.867 bits per heavy atom.